The van der Waals surface area contributed by atoms with Gasteiger partial charge in [-0.15, -0.1) is 0 Å². The molecule has 108 valence electrons. The van der Waals surface area contributed by atoms with E-state index in [1.54, 1.807) is 0 Å². The van der Waals surface area contributed by atoms with Gasteiger partial charge in [0.2, 0.25) is 0 Å². The molecule has 2 nitrogen and oxygen atoms in total. The summed E-state index contributed by atoms with van der Waals surface area (Å²) >= 11 is 0. The van der Waals surface area contributed by atoms with Crippen molar-refractivity contribution in [3.05, 3.63) is 0 Å². The molecular weight excluding hydrogens is 222 g/mol. The van der Waals surface area contributed by atoms with Gasteiger partial charge in [-0.3, -0.25) is 0 Å². The van der Waals surface area contributed by atoms with Gasteiger partial charge in [-0.2, -0.15) is 0 Å². The highest BCUT2D eigenvalue weighted by Crippen LogP contribution is 2.29. The maximum Gasteiger partial charge on any atom is 0.0518 e. The minimum atomic E-state index is 0.379. The van der Waals surface area contributed by atoms with Crippen LogP contribution in [0.1, 0.15) is 66.2 Å². The fourth-order valence-electron chi connectivity index (χ4n) is 2.84. The molecule has 0 aliphatic heterocycles. The van der Waals surface area contributed by atoms with Crippen molar-refractivity contribution in [3.63, 3.8) is 0 Å². The maximum atomic E-state index is 5.55. The van der Waals surface area contributed by atoms with Crippen LogP contribution in [0, 0.1) is 11.8 Å². The molecule has 1 N–H and O–H groups in total. The van der Waals surface area contributed by atoms with Crippen LogP contribution in [0.2, 0.25) is 0 Å². The summed E-state index contributed by atoms with van der Waals surface area (Å²) in [4.78, 5) is 0. The van der Waals surface area contributed by atoms with Crippen molar-refractivity contribution >= 4 is 0 Å². The van der Waals surface area contributed by atoms with Crippen molar-refractivity contribution in [1.29, 1.82) is 0 Å². The van der Waals surface area contributed by atoms with E-state index in [-0.39, 0.29) is 0 Å². The average Bonchev–Trinajstić information content (AvgIpc) is 2.34. The summed E-state index contributed by atoms with van der Waals surface area (Å²) < 4.78 is 5.55. The van der Waals surface area contributed by atoms with E-state index in [4.69, 9.17) is 4.74 Å². The minimum Gasteiger partial charge on any atom is -0.379 e. The molecule has 2 heteroatoms. The molecule has 0 radical (unpaired) electrons. The molecule has 1 aliphatic rings. The molecule has 1 fully saturated rings. The number of ether oxygens (including phenoxy) is 1. The molecule has 0 unspecified atom stereocenters. The Labute approximate surface area is 114 Å². The zero-order valence-corrected chi connectivity index (χ0v) is 12.9. The lowest BCUT2D eigenvalue weighted by atomic mass is 9.80. The summed E-state index contributed by atoms with van der Waals surface area (Å²) in [5.41, 5.74) is 0. The quantitative estimate of drug-likeness (QED) is 0.662. The standard InChI is InChI=1S/C16H33NO/c1-13(2)15-7-9-16(10-8-15)17-11-5-6-12-18-14(3)4/h13-17H,5-12H2,1-4H3. The lowest BCUT2D eigenvalue weighted by molar-refractivity contribution is 0.0758. The Morgan fingerprint density at radius 2 is 1.67 bits per heavy atom. The molecule has 1 saturated carbocycles. The molecule has 0 aromatic heterocycles. The fourth-order valence-corrected chi connectivity index (χ4v) is 2.84. The van der Waals surface area contributed by atoms with Crippen molar-refractivity contribution in [3.8, 4) is 0 Å². The van der Waals surface area contributed by atoms with Gasteiger partial charge in [0.1, 0.15) is 0 Å². The Hall–Kier alpha value is -0.0800. The fraction of sp³-hybridized carbons (Fsp3) is 1.00. The maximum absolute atomic E-state index is 5.55. The third kappa shape index (κ3) is 6.75. The number of unbranched alkanes of at least 4 members (excludes halogenated alkanes) is 1. The monoisotopic (exact) mass is 255 g/mol. The molecule has 0 aromatic rings. The zero-order valence-electron chi connectivity index (χ0n) is 12.9. The van der Waals surface area contributed by atoms with Crippen molar-refractivity contribution in [1.82, 2.24) is 5.32 Å². The third-order valence-electron chi connectivity index (χ3n) is 4.17. The number of hydrogen-bond donors (Lipinski definition) is 1. The second kappa shape index (κ2) is 8.92. The topological polar surface area (TPSA) is 21.3 Å². The summed E-state index contributed by atoms with van der Waals surface area (Å²) in [6, 6.07) is 0.783. The molecule has 1 rings (SSSR count). The van der Waals surface area contributed by atoms with Crippen LogP contribution in [-0.4, -0.2) is 25.3 Å². The first-order chi connectivity index (χ1) is 8.59. The van der Waals surface area contributed by atoms with Crippen LogP contribution in [0.5, 0.6) is 0 Å². The van der Waals surface area contributed by atoms with Gasteiger partial charge in [0.25, 0.3) is 0 Å². The predicted octanol–water partition coefficient (Wildman–Crippen LogP) is 4.00. The Kier molecular flexibility index (Phi) is 7.92. The Balaban J connectivity index is 1.95. The summed E-state index contributed by atoms with van der Waals surface area (Å²) in [6.45, 7) is 11.0. The van der Waals surface area contributed by atoms with Crippen molar-refractivity contribution in [2.75, 3.05) is 13.2 Å². The minimum absolute atomic E-state index is 0.379. The lowest BCUT2D eigenvalue weighted by Crippen LogP contribution is -2.34. The summed E-state index contributed by atoms with van der Waals surface area (Å²) in [7, 11) is 0. The number of rotatable bonds is 8. The smallest absolute Gasteiger partial charge is 0.0518 e. The van der Waals surface area contributed by atoms with Crippen LogP contribution in [0.25, 0.3) is 0 Å². The van der Waals surface area contributed by atoms with Gasteiger partial charge in [-0.05, 0) is 70.8 Å². The summed E-state index contributed by atoms with van der Waals surface area (Å²) in [6.07, 6.45) is 8.42. The Bertz CT molecular complexity index is 195. The highest BCUT2D eigenvalue weighted by atomic mass is 16.5. The first-order valence-corrected chi connectivity index (χ1v) is 7.94. The van der Waals surface area contributed by atoms with E-state index in [2.05, 4.69) is 33.0 Å². The van der Waals surface area contributed by atoms with E-state index in [1.807, 2.05) is 0 Å². The summed E-state index contributed by atoms with van der Waals surface area (Å²) in [5.74, 6) is 1.85. The molecule has 0 atom stereocenters. The van der Waals surface area contributed by atoms with E-state index in [1.165, 1.54) is 45.1 Å². The second-order valence-electron chi connectivity index (χ2n) is 6.44. The van der Waals surface area contributed by atoms with Crippen LogP contribution in [0.15, 0.2) is 0 Å². The van der Waals surface area contributed by atoms with Gasteiger partial charge < -0.3 is 10.1 Å². The molecule has 18 heavy (non-hydrogen) atoms. The van der Waals surface area contributed by atoms with Gasteiger partial charge in [0.05, 0.1) is 6.10 Å². The van der Waals surface area contributed by atoms with Crippen LogP contribution in [0.3, 0.4) is 0 Å². The normalized spacial score (nSPS) is 25.0. The summed E-state index contributed by atoms with van der Waals surface area (Å²) in [5, 5.41) is 3.71. The largest absolute Gasteiger partial charge is 0.379 e. The van der Waals surface area contributed by atoms with E-state index < -0.39 is 0 Å². The number of hydrogen-bond acceptors (Lipinski definition) is 2. The SMILES string of the molecule is CC(C)OCCCCNC1CCC(C(C)C)CC1. The highest BCUT2D eigenvalue weighted by Gasteiger charge is 2.22. The molecule has 0 bridgehead atoms. The van der Waals surface area contributed by atoms with E-state index >= 15 is 0 Å². The van der Waals surface area contributed by atoms with E-state index in [0.29, 0.717) is 6.10 Å². The predicted molar refractivity (Wildman–Crippen MR) is 78.9 cm³/mol. The average molecular weight is 255 g/mol. The molecule has 0 saturated heterocycles. The lowest BCUT2D eigenvalue weighted by Gasteiger charge is -2.31. The van der Waals surface area contributed by atoms with Gasteiger partial charge in [0, 0.05) is 12.6 Å². The number of nitrogens with one attached hydrogen (secondary N) is 1. The molecule has 0 aromatic carbocycles. The van der Waals surface area contributed by atoms with Gasteiger partial charge in [0.15, 0.2) is 0 Å². The van der Waals surface area contributed by atoms with Crippen LogP contribution < -0.4 is 5.32 Å². The van der Waals surface area contributed by atoms with Crippen molar-refractivity contribution in [2.45, 2.75) is 78.4 Å². The second-order valence-corrected chi connectivity index (χ2v) is 6.44. The van der Waals surface area contributed by atoms with Gasteiger partial charge in [-0.25, -0.2) is 0 Å². The van der Waals surface area contributed by atoms with Crippen LogP contribution in [0.4, 0.5) is 0 Å². The van der Waals surface area contributed by atoms with Crippen LogP contribution >= 0.6 is 0 Å². The molecular formula is C16H33NO. The zero-order chi connectivity index (χ0) is 13.4. The Morgan fingerprint density at radius 1 is 1.00 bits per heavy atom. The van der Waals surface area contributed by atoms with Gasteiger partial charge >= 0.3 is 0 Å². The highest BCUT2D eigenvalue weighted by molar-refractivity contribution is 4.78. The van der Waals surface area contributed by atoms with Crippen molar-refractivity contribution < 1.29 is 4.74 Å². The van der Waals surface area contributed by atoms with Crippen LogP contribution in [-0.2, 0) is 4.74 Å². The Morgan fingerprint density at radius 3 is 2.22 bits per heavy atom. The third-order valence-corrected chi connectivity index (χ3v) is 4.17. The molecule has 1 aliphatic carbocycles. The molecule has 0 heterocycles. The van der Waals surface area contributed by atoms with E-state index in [9.17, 15) is 0 Å². The first-order valence-electron chi connectivity index (χ1n) is 7.94. The van der Waals surface area contributed by atoms with E-state index in [0.717, 1.165) is 24.5 Å². The molecule has 0 spiro atoms. The van der Waals surface area contributed by atoms with Crippen molar-refractivity contribution in [2.24, 2.45) is 11.8 Å². The first kappa shape index (κ1) is 16.0. The molecule has 0 amide bonds. The van der Waals surface area contributed by atoms with Gasteiger partial charge in [-0.1, -0.05) is 13.8 Å².